The Labute approximate surface area is 205 Å². The molecule has 3 aromatic carbocycles. The van der Waals surface area contributed by atoms with Gasteiger partial charge in [0, 0.05) is 40.1 Å². The maximum Gasteiger partial charge on any atom is 0.251 e. The first kappa shape index (κ1) is 22.5. The molecule has 0 spiro atoms. The Hall–Kier alpha value is -4.30. The van der Waals surface area contributed by atoms with E-state index in [1.165, 1.54) is 12.1 Å². The number of benzene rings is 3. The molecule has 0 fully saturated rings. The number of rotatable bonds is 5. The average molecular weight is 488 g/mol. The molecule has 0 unspecified atom stereocenters. The van der Waals surface area contributed by atoms with Crippen molar-refractivity contribution in [3.8, 4) is 11.3 Å². The molecule has 0 saturated carbocycles. The fourth-order valence-corrected chi connectivity index (χ4v) is 3.92. The summed E-state index contributed by atoms with van der Waals surface area (Å²) in [5.41, 5.74) is 4.69. The zero-order valence-electron chi connectivity index (χ0n) is 18.3. The number of anilines is 3. The number of aromatic nitrogens is 2. The summed E-state index contributed by atoms with van der Waals surface area (Å²) in [5, 5.41) is 9.32. The van der Waals surface area contributed by atoms with Gasteiger partial charge in [0.25, 0.3) is 5.91 Å². The number of amides is 2. The fourth-order valence-electron chi connectivity index (χ4n) is 3.74. The molecule has 35 heavy (non-hydrogen) atoms. The molecule has 9 heteroatoms. The van der Waals surface area contributed by atoms with E-state index < -0.39 is 0 Å². The summed E-state index contributed by atoms with van der Waals surface area (Å²) in [6.45, 7) is 0.298. The number of nitrogens with zero attached hydrogens (tertiary/aromatic N) is 2. The molecule has 2 amide bonds. The van der Waals surface area contributed by atoms with Gasteiger partial charge in [0.2, 0.25) is 11.9 Å². The smallest absolute Gasteiger partial charge is 0.251 e. The maximum absolute atomic E-state index is 13.0. The predicted octanol–water partition coefficient (Wildman–Crippen LogP) is 5.10. The highest BCUT2D eigenvalue weighted by Crippen LogP contribution is 2.34. The summed E-state index contributed by atoms with van der Waals surface area (Å²) in [5.74, 6) is -0.368. The molecular formula is C26H19ClFN5O2. The molecule has 1 aliphatic rings. The minimum Gasteiger partial charge on any atom is -0.348 e. The Balaban J connectivity index is 1.30. The third-order valence-corrected chi connectivity index (χ3v) is 5.73. The van der Waals surface area contributed by atoms with Crippen molar-refractivity contribution in [1.82, 2.24) is 15.3 Å². The summed E-state index contributed by atoms with van der Waals surface area (Å²) < 4.78 is 13.0. The van der Waals surface area contributed by atoms with Gasteiger partial charge in [-0.05, 0) is 60.2 Å². The van der Waals surface area contributed by atoms with Gasteiger partial charge in [-0.25, -0.2) is 14.4 Å². The van der Waals surface area contributed by atoms with Crippen LogP contribution in [-0.2, 0) is 17.8 Å². The monoisotopic (exact) mass is 487 g/mol. The van der Waals surface area contributed by atoms with E-state index in [0.29, 0.717) is 45.7 Å². The van der Waals surface area contributed by atoms with Crippen molar-refractivity contribution in [2.24, 2.45) is 0 Å². The third-order valence-electron chi connectivity index (χ3n) is 5.50. The summed E-state index contributed by atoms with van der Waals surface area (Å²) in [7, 11) is 0. The van der Waals surface area contributed by atoms with Crippen molar-refractivity contribution < 1.29 is 14.0 Å². The van der Waals surface area contributed by atoms with Crippen molar-refractivity contribution in [2.75, 3.05) is 10.6 Å². The zero-order chi connectivity index (χ0) is 24.4. The van der Waals surface area contributed by atoms with Gasteiger partial charge in [-0.2, -0.15) is 0 Å². The Kier molecular flexibility index (Phi) is 6.12. The quantitative estimate of drug-likeness (QED) is 0.364. The molecule has 1 aromatic heterocycles. The highest BCUT2D eigenvalue weighted by Gasteiger charge is 2.21. The molecule has 2 heterocycles. The van der Waals surface area contributed by atoms with Crippen molar-refractivity contribution >= 4 is 40.7 Å². The number of hydrogen-bond acceptors (Lipinski definition) is 5. The summed E-state index contributed by atoms with van der Waals surface area (Å²) in [4.78, 5) is 33.7. The van der Waals surface area contributed by atoms with Gasteiger partial charge in [-0.1, -0.05) is 23.7 Å². The first-order chi connectivity index (χ1) is 16.9. The van der Waals surface area contributed by atoms with E-state index in [0.717, 1.165) is 11.1 Å². The van der Waals surface area contributed by atoms with Crippen LogP contribution in [0.2, 0.25) is 5.02 Å². The van der Waals surface area contributed by atoms with E-state index in [4.69, 9.17) is 11.6 Å². The lowest BCUT2D eigenvalue weighted by Gasteiger charge is -2.11. The lowest BCUT2D eigenvalue weighted by Crippen LogP contribution is -2.22. The highest BCUT2D eigenvalue weighted by atomic mass is 35.5. The van der Waals surface area contributed by atoms with Crippen LogP contribution in [0.5, 0.6) is 0 Å². The van der Waals surface area contributed by atoms with Gasteiger partial charge in [0.1, 0.15) is 5.82 Å². The Morgan fingerprint density at radius 3 is 2.60 bits per heavy atom. The number of hydrogen-bond donors (Lipinski definition) is 3. The normalized spacial score (nSPS) is 12.1. The van der Waals surface area contributed by atoms with Crippen LogP contribution in [0.15, 0.2) is 72.9 Å². The fraction of sp³-hybridized carbons (Fsp3) is 0.0769. The standard InChI is InChI=1S/C26H19ClFN5O2/c27-18-5-10-21-22(12-18)32-23(34)11-17-14-30-26(33-24(17)21)31-20-8-3-16(4-9-20)25(35)29-13-15-1-6-19(28)7-2-15/h1-10,12,14H,11,13H2,(H,29,35)(H,32,34)(H,30,31,33). The van der Waals surface area contributed by atoms with Crippen molar-refractivity contribution in [3.05, 3.63) is 100 Å². The van der Waals surface area contributed by atoms with Crippen LogP contribution in [0, 0.1) is 5.82 Å². The summed E-state index contributed by atoms with van der Waals surface area (Å²) in [6, 6.07) is 18.1. The number of halogens is 2. The highest BCUT2D eigenvalue weighted by molar-refractivity contribution is 6.31. The van der Waals surface area contributed by atoms with E-state index >= 15 is 0 Å². The van der Waals surface area contributed by atoms with Gasteiger partial charge in [0.15, 0.2) is 0 Å². The molecule has 3 N–H and O–H groups in total. The van der Waals surface area contributed by atoms with Crippen LogP contribution in [0.3, 0.4) is 0 Å². The third kappa shape index (κ3) is 5.12. The summed E-state index contributed by atoms with van der Waals surface area (Å²) >= 11 is 6.10. The molecule has 0 radical (unpaired) electrons. The molecule has 0 aliphatic carbocycles. The number of fused-ring (bicyclic) bond motifs is 3. The molecule has 4 aromatic rings. The Bertz CT molecular complexity index is 1430. The van der Waals surface area contributed by atoms with E-state index in [1.807, 2.05) is 6.07 Å². The van der Waals surface area contributed by atoms with Crippen LogP contribution in [0.1, 0.15) is 21.5 Å². The summed E-state index contributed by atoms with van der Waals surface area (Å²) in [6.07, 6.45) is 1.79. The second-order valence-electron chi connectivity index (χ2n) is 7.99. The largest absolute Gasteiger partial charge is 0.348 e. The van der Waals surface area contributed by atoms with Crippen LogP contribution < -0.4 is 16.0 Å². The van der Waals surface area contributed by atoms with E-state index in [-0.39, 0.29) is 24.1 Å². The van der Waals surface area contributed by atoms with Crippen molar-refractivity contribution in [1.29, 1.82) is 0 Å². The second-order valence-corrected chi connectivity index (χ2v) is 8.43. The van der Waals surface area contributed by atoms with Crippen LogP contribution in [0.25, 0.3) is 11.3 Å². The number of nitrogens with one attached hydrogen (secondary N) is 3. The minimum absolute atomic E-state index is 0.156. The average Bonchev–Trinajstić information content (AvgIpc) is 2.98. The van der Waals surface area contributed by atoms with Crippen LogP contribution in [-0.4, -0.2) is 21.8 Å². The first-order valence-electron chi connectivity index (χ1n) is 10.8. The zero-order valence-corrected chi connectivity index (χ0v) is 19.1. The molecule has 1 aliphatic heterocycles. The van der Waals surface area contributed by atoms with Crippen molar-refractivity contribution in [2.45, 2.75) is 13.0 Å². The lowest BCUT2D eigenvalue weighted by atomic mass is 10.1. The first-order valence-corrected chi connectivity index (χ1v) is 11.2. The predicted molar refractivity (Wildman–Crippen MR) is 132 cm³/mol. The molecule has 0 bridgehead atoms. The second kappa shape index (κ2) is 9.52. The lowest BCUT2D eigenvalue weighted by molar-refractivity contribution is -0.115. The van der Waals surface area contributed by atoms with E-state index in [1.54, 1.807) is 54.7 Å². The topological polar surface area (TPSA) is 96.0 Å². The minimum atomic E-state index is -0.319. The van der Waals surface area contributed by atoms with Crippen molar-refractivity contribution in [3.63, 3.8) is 0 Å². The molecule has 0 saturated heterocycles. The van der Waals surface area contributed by atoms with E-state index in [2.05, 4.69) is 25.9 Å². The molecule has 174 valence electrons. The molecular weight excluding hydrogens is 469 g/mol. The number of carbonyl (C=O) groups is 2. The maximum atomic E-state index is 13.0. The van der Waals surface area contributed by atoms with Crippen LogP contribution in [0.4, 0.5) is 21.7 Å². The Morgan fingerprint density at radius 1 is 1.06 bits per heavy atom. The Morgan fingerprint density at radius 2 is 1.83 bits per heavy atom. The van der Waals surface area contributed by atoms with Gasteiger partial charge in [-0.15, -0.1) is 0 Å². The van der Waals surface area contributed by atoms with Gasteiger partial charge < -0.3 is 16.0 Å². The molecule has 0 atom stereocenters. The van der Waals surface area contributed by atoms with Gasteiger partial charge >= 0.3 is 0 Å². The number of carbonyl (C=O) groups excluding carboxylic acids is 2. The van der Waals surface area contributed by atoms with Gasteiger partial charge in [-0.3, -0.25) is 9.59 Å². The van der Waals surface area contributed by atoms with Crippen LogP contribution >= 0.6 is 11.6 Å². The molecule has 7 nitrogen and oxygen atoms in total. The SMILES string of the molecule is O=C1Cc2cnc(Nc3ccc(C(=O)NCc4ccc(F)cc4)cc3)nc2-c2ccc(Cl)cc2N1. The van der Waals surface area contributed by atoms with E-state index in [9.17, 15) is 14.0 Å². The molecule has 5 rings (SSSR count). The van der Waals surface area contributed by atoms with Gasteiger partial charge in [0.05, 0.1) is 17.8 Å².